The van der Waals surface area contributed by atoms with E-state index in [0.717, 1.165) is 0 Å². The molecule has 1 aromatic heterocycles. The van der Waals surface area contributed by atoms with Gasteiger partial charge in [-0.05, 0) is 11.6 Å². The molecule has 14 heavy (non-hydrogen) atoms. The van der Waals surface area contributed by atoms with Crippen LogP contribution in [0.15, 0.2) is 18.3 Å². The van der Waals surface area contributed by atoms with Crippen LogP contribution in [0.5, 0.6) is 0 Å². The molecule has 0 atom stereocenters. The van der Waals surface area contributed by atoms with Gasteiger partial charge in [0.05, 0.1) is 18.5 Å². The molecule has 0 saturated carbocycles. The van der Waals surface area contributed by atoms with Gasteiger partial charge in [-0.15, -0.1) is 0 Å². The Morgan fingerprint density at radius 1 is 1.21 bits per heavy atom. The number of nitrogens with two attached hydrogens (primary N) is 2. The van der Waals surface area contributed by atoms with E-state index in [4.69, 9.17) is 11.5 Å². The Morgan fingerprint density at radius 3 is 2.43 bits per heavy atom. The van der Waals surface area contributed by atoms with Gasteiger partial charge in [0.25, 0.3) is 0 Å². The van der Waals surface area contributed by atoms with Crippen LogP contribution in [0.25, 0.3) is 0 Å². The van der Waals surface area contributed by atoms with E-state index in [0.29, 0.717) is 11.3 Å². The fraction of sp³-hybridized carbons (Fsp3) is 0.222. The van der Waals surface area contributed by atoms with E-state index < -0.39 is 11.8 Å². The lowest BCUT2D eigenvalue weighted by molar-refractivity contribution is -0.118. The summed E-state index contributed by atoms with van der Waals surface area (Å²) in [6, 6.07) is 3.39. The largest absolute Gasteiger partial charge is 0.369 e. The second kappa shape index (κ2) is 4.36. The zero-order valence-electron chi connectivity index (χ0n) is 7.56. The van der Waals surface area contributed by atoms with Crippen LogP contribution in [-0.4, -0.2) is 16.8 Å². The summed E-state index contributed by atoms with van der Waals surface area (Å²) < 4.78 is 0. The van der Waals surface area contributed by atoms with E-state index >= 15 is 0 Å². The van der Waals surface area contributed by atoms with Crippen LogP contribution in [0.1, 0.15) is 11.3 Å². The zero-order valence-corrected chi connectivity index (χ0v) is 7.56. The average molecular weight is 193 g/mol. The van der Waals surface area contributed by atoms with Crippen molar-refractivity contribution in [3.05, 3.63) is 29.6 Å². The highest BCUT2D eigenvalue weighted by molar-refractivity contribution is 5.79. The van der Waals surface area contributed by atoms with Crippen molar-refractivity contribution in [2.75, 3.05) is 0 Å². The Bertz CT molecular complexity index is 328. The Morgan fingerprint density at radius 2 is 1.86 bits per heavy atom. The molecule has 0 radical (unpaired) electrons. The van der Waals surface area contributed by atoms with Crippen LogP contribution in [0, 0.1) is 0 Å². The van der Waals surface area contributed by atoms with Crippen molar-refractivity contribution in [2.45, 2.75) is 12.8 Å². The summed E-state index contributed by atoms with van der Waals surface area (Å²) in [5.74, 6) is -0.932. The maximum Gasteiger partial charge on any atom is 0.223 e. The summed E-state index contributed by atoms with van der Waals surface area (Å²) >= 11 is 0. The Kier molecular flexibility index (Phi) is 3.17. The third-order valence-electron chi connectivity index (χ3n) is 1.69. The van der Waals surface area contributed by atoms with Crippen LogP contribution in [-0.2, 0) is 22.4 Å². The van der Waals surface area contributed by atoms with E-state index in [-0.39, 0.29) is 12.8 Å². The van der Waals surface area contributed by atoms with Crippen LogP contribution in [0.2, 0.25) is 0 Å². The molecule has 0 aliphatic rings. The second-order valence-corrected chi connectivity index (χ2v) is 2.90. The molecular formula is C9H11N3O2. The van der Waals surface area contributed by atoms with Crippen molar-refractivity contribution in [3.63, 3.8) is 0 Å². The summed E-state index contributed by atoms with van der Waals surface area (Å²) in [5.41, 5.74) is 11.2. The molecular weight excluding hydrogens is 182 g/mol. The van der Waals surface area contributed by atoms with E-state index in [2.05, 4.69) is 4.98 Å². The summed E-state index contributed by atoms with van der Waals surface area (Å²) in [6.45, 7) is 0. The summed E-state index contributed by atoms with van der Waals surface area (Å²) in [5, 5.41) is 0. The van der Waals surface area contributed by atoms with Crippen LogP contribution >= 0.6 is 0 Å². The van der Waals surface area contributed by atoms with E-state index in [1.807, 2.05) is 0 Å². The zero-order chi connectivity index (χ0) is 10.6. The van der Waals surface area contributed by atoms with Crippen molar-refractivity contribution in [1.29, 1.82) is 0 Å². The number of amides is 2. The number of carbonyl (C=O) groups is 2. The number of pyridine rings is 1. The van der Waals surface area contributed by atoms with Gasteiger partial charge in [-0.1, -0.05) is 6.07 Å². The topological polar surface area (TPSA) is 99.1 Å². The molecule has 5 heteroatoms. The first kappa shape index (κ1) is 10.2. The Labute approximate surface area is 81.1 Å². The second-order valence-electron chi connectivity index (χ2n) is 2.90. The number of nitrogens with zero attached hydrogens (tertiary/aromatic N) is 1. The summed E-state index contributed by atoms with van der Waals surface area (Å²) in [7, 11) is 0. The molecule has 1 heterocycles. The highest BCUT2D eigenvalue weighted by atomic mass is 16.1. The number of aromatic nitrogens is 1. The predicted molar refractivity (Wildman–Crippen MR) is 50.0 cm³/mol. The molecule has 0 unspecified atom stereocenters. The van der Waals surface area contributed by atoms with Gasteiger partial charge in [-0.25, -0.2) is 0 Å². The average Bonchev–Trinajstić information content (AvgIpc) is 2.06. The molecule has 2 amide bonds. The van der Waals surface area contributed by atoms with Crippen molar-refractivity contribution in [1.82, 2.24) is 4.98 Å². The van der Waals surface area contributed by atoms with E-state index in [1.54, 1.807) is 18.3 Å². The standard InChI is InChI=1S/C9H11N3O2/c10-8(13)4-6-2-1-3-12-7(6)5-9(11)14/h1-3H,4-5H2,(H2,10,13)(H2,11,14). The van der Waals surface area contributed by atoms with Gasteiger partial charge in [0.2, 0.25) is 11.8 Å². The predicted octanol–water partition coefficient (Wildman–Crippen LogP) is -0.863. The minimum Gasteiger partial charge on any atom is -0.369 e. The normalized spacial score (nSPS) is 9.71. The van der Waals surface area contributed by atoms with Gasteiger partial charge in [0, 0.05) is 6.20 Å². The fourth-order valence-corrected chi connectivity index (χ4v) is 1.14. The third kappa shape index (κ3) is 2.85. The maximum absolute atomic E-state index is 10.7. The molecule has 0 aromatic carbocycles. The first-order valence-corrected chi connectivity index (χ1v) is 4.09. The number of primary amides is 2. The van der Waals surface area contributed by atoms with E-state index in [1.165, 1.54) is 0 Å². The van der Waals surface area contributed by atoms with Crippen LogP contribution < -0.4 is 11.5 Å². The fourth-order valence-electron chi connectivity index (χ4n) is 1.14. The van der Waals surface area contributed by atoms with Gasteiger partial charge >= 0.3 is 0 Å². The number of rotatable bonds is 4. The SMILES string of the molecule is NC(=O)Cc1cccnc1CC(N)=O. The highest BCUT2D eigenvalue weighted by Gasteiger charge is 2.08. The molecule has 0 fully saturated rings. The van der Waals surface area contributed by atoms with Crippen molar-refractivity contribution >= 4 is 11.8 Å². The van der Waals surface area contributed by atoms with Gasteiger partial charge in [-0.2, -0.15) is 0 Å². The molecule has 1 rings (SSSR count). The Hall–Kier alpha value is -1.91. The molecule has 4 N–H and O–H groups in total. The highest BCUT2D eigenvalue weighted by Crippen LogP contribution is 2.06. The van der Waals surface area contributed by atoms with Crippen molar-refractivity contribution < 1.29 is 9.59 Å². The monoisotopic (exact) mass is 193 g/mol. The lowest BCUT2D eigenvalue weighted by Gasteiger charge is -2.03. The minimum atomic E-state index is -0.477. The van der Waals surface area contributed by atoms with Crippen molar-refractivity contribution in [3.8, 4) is 0 Å². The summed E-state index contributed by atoms with van der Waals surface area (Å²) in [6.07, 6.45) is 1.66. The first-order valence-electron chi connectivity index (χ1n) is 4.09. The molecule has 74 valence electrons. The van der Waals surface area contributed by atoms with Crippen LogP contribution in [0.3, 0.4) is 0 Å². The lowest BCUT2D eigenvalue weighted by atomic mass is 10.1. The lowest BCUT2D eigenvalue weighted by Crippen LogP contribution is -2.19. The Balaban J connectivity index is 2.90. The maximum atomic E-state index is 10.7. The van der Waals surface area contributed by atoms with Gasteiger partial charge in [-0.3, -0.25) is 14.6 Å². The third-order valence-corrected chi connectivity index (χ3v) is 1.69. The molecule has 0 saturated heterocycles. The molecule has 0 aliphatic heterocycles. The summed E-state index contributed by atoms with van der Waals surface area (Å²) in [4.78, 5) is 25.3. The molecule has 0 aliphatic carbocycles. The van der Waals surface area contributed by atoms with Gasteiger partial charge in [0.15, 0.2) is 0 Å². The number of hydrogen-bond donors (Lipinski definition) is 2. The number of hydrogen-bond acceptors (Lipinski definition) is 3. The number of carbonyl (C=O) groups excluding carboxylic acids is 2. The van der Waals surface area contributed by atoms with Gasteiger partial charge in [0.1, 0.15) is 0 Å². The molecule has 0 bridgehead atoms. The van der Waals surface area contributed by atoms with E-state index in [9.17, 15) is 9.59 Å². The van der Waals surface area contributed by atoms with Crippen molar-refractivity contribution in [2.24, 2.45) is 11.5 Å². The van der Waals surface area contributed by atoms with Crippen LogP contribution in [0.4, 0.5) is 0 Å². The molecule has 0 spiro atoms. The minimum absolute atomic E-state index is 0.0312. The van der Waals surface area contributed by atoms with Gasteiger partial charge < -0.3 is 11.5 Å². The smallest absolute Gasteiger partial charge is 0.223 e. The molecule has 5 nitrogen and oxygen atoms in total. The quantitative estimate of drug-likeness (QED) is 0.650. The first-order chi connectivity index (χ1) is 6.59. The molecule has 1 aromatic rings.